The fourth-order valence-electron chi connectivity index (χ4n) is 2.18. The predicted molar refractivity (Wildman–Crippen MR) is 83.5 cm³/mol. The Bertz CT molecular complexity index is 744. The van der Waals surface area contributed by atoms with Crippen LogP contribution in [0, 0.1) is 13.8 Å². The third-order valence-electron chi connectivity index (χ3n) is 3.29. The normalized spacial score (nSPS) is 10.8. The van der Waals surface area contributed by atoms with Crippen molar-refractivity contribution < 1.29 is 0 Å². The molecule has 0 saturated heterocycles. The highest BCUT2D eigenvalue weighted by atomic mass is 35.5. The van der Waals surface area contributed by atoms with E-state index in [9.17, 15) is 0 Å². The zero-order chi connectivity index (χ0) is 15.0. The summed E-state index contributed by atoms with van der Waals surface area (Å²) in [5, 5.41) is 12.5. The Morgan fingerprint density at radius 2 is 1.90 bits per heavy atom. The molecule has 0 radical (unpaired) electrons. The quantitative estimate of drug-likeness (QED) is 0.738. The van der Waals surface area contributed by atoms with Crippen molar-refractivity contribution in [2.45, 2.75) is 13.8 Å². The number of aryl methyl sites for hydroxylation is 2. The van der Waals surface area contributed by atoms with Gasteiger partial charge in [-0.2, -0.15) is 4.68 Å². The summed E-state index contributed by atoms with van der Waals surface area (Å²) in [5.74, 6) is 0.570. The van der Waals surface area contributed by atoms with Gasteiger partial charge in [0.2, 0.25) is 0 Å². The lowest BCUT2D eigenvalue weighted by Gasteiger charge is -2.10. The van der Waals surface area contributed by atoms with Gasteiger partial charge >= 0.3 is 0 Å². The van der Waals surface area contributed by atoms with Crippen LogP contribution in [0.5, 0.6) is 0 Å². The van der Waals surface area contributed by atoms with E-state index < -0.39 is 0 Å². The Hall–Kier alpha value is -2.40. The summed E-state index contributed by atoms with van der Waals surface area (Å²) in [7, 11) is 0. The molecule has 0 aliphatic rings. The zero-order valence-corrected chi connectivity index (χ0v) is 12.5. The van der Waals surface area contributed by atoms with E-state index >= 15 is 0 Å². The Kier molecular flexibility index (Phi) is 3.35. The molecule has 5 nitrogen and oxygen atoms in total. The summed E-state index contributed by atoms with van der Waals surface area (Å²) in [6.45, 7) is 4.04. The minimum Gasteiger partial charge on any atom is -0.399 e. The number of hydrogen-bond donors (Lipinski definition) is 1. The molecule has 0 aliphatic carbocycles. The zero-order valence-electron chi connectivity index (χ0n) is 11.7. The van der Waals surface area contributed by atoms with Gasteiger partial charge in [-0.15, -0.1) is 5.10 Å². The van der Waals surface area contributed by atoms with Crippen molar-refractivity contribution in [3.63, 3.8) is 0 Å². The number of nitrogen functional groups attached to an aromatic ring is 1. The van der Waals surface area contributed by atoms with Gasteiger partial charge in [-0.25, -0.2) is 0 Å². The number of nitrogens with zero attached hydrogens (tertiary/aromatic N) is 4. The van der Waals surface area contributed by atoms with Crippen LogP contribution in [0.3, 0.4) is 0 Å². The number of tetrazole rings is 1. The summed E-state index contributed by atoms with van der Waals surface area (Å²) in [6.07, 6.45) is 0. The molecule has 0 bridgehead atoms. The molecule has 0 fully saturated rings. The number of aromatic nitrogens is 4. The first kappa shape index (κ1) is 13.6. The van der Waals surface area contributed by atoms with Crippen LogP contribution in [-0.2, 0) is 0 Å². The van der Waals surface area contributed by atoms with Crippen molar-refractivity contribution in [2.75, 3.05) is 5.73 Å². The van der Waals surface area contributed by atoms with Gasteiger partial charge in [0.1, 0.15) is 0 Å². The second kappa shape index (κ2) is 5.18. The third-order valence-corrected chi connectivity index (χ3v) is 3.62. The molecule has 3 rings (SSSR count). The molecule has 0 unspecified atom stereocenters. The topological polar surface area (TPSA) is 69.6 Å². The van der Waals surface area contributed by atoms with Gasteiger partial charge < -0.3 is 5.73 Å². The molecular weight excluding hydrogens is 286 g/mol. The molecule has 1 heterocycles. The number of anilines is 1. The largest absolute Gasteiger partial charge is 0.399 e. The van der Waals surface area contributed by atoms with Crippen LogP contribution in [-0.4, -0.2) is 20.2 Å². The first-order valence-corrected chi connectivity index (χ1v) is 6.85. The molecule has 106 valence electrons. The highest BCUT2D eigenvalue weighted by Crippen LogP contribution is 2.29. The number of nitrogens with two attached hydrogens (primary N) is 1. The fourth-order valence-corrected chi connectivity index (χ4v) is 2.38. The van der Waals surface area contributed by atoms with Gasteiger partial charge in [-0.3, -0.25) is 0 Å². The summed E-state index contributed by atoms with van der Waals surface area (Å²) < 4.78 is 1.68. The molecule has 3 aromatic rings. The highest BCUT2D eigenvalue weighted by molar-refractivity contribution is 6.33. The van der Waals surface area contributed by atoms with Crippen molar-refractivity contribution in [1.82, 2.24) is 20.2 Å². The van der Waals surface area contributed by atoms with Gasteiger partial charge in [-0.1, -0.05) is 23.7 Å². The number of benzene rings is 2. The molecule has 0 atom stereocenters. The van der Waals surface area contributed by atoms with Gasteiger partial charge in [0.05, 0.1) is 10.7 Å². The minimum absolute atomic E-state index is 0.561. The van der Waals surface area contributed by atoms with E-state index in [0.29, 0.717) is 22.1 Å². The molecule has 0 spiro atoms. The molecule has 6 heteroatoms. The van der Waals surface area contributed by atoms with E-state index in [-0.39, 0.29) is 0 Å². The van der Waals surface area contributed by atoms with E-state index in [1.807, 2.05) is 26.0 Å². The summed E-state index contributed by atoms with van der Waals surface area (Å²) >= 11 is 6.25. The van der Waals surface area contributed by atoms with E-state index in [0.717, 1.165) is 16.8 Å². The van der Waals surface area contributed by atoms with E-state index in [4.69, 9.17) is 17.3 Å². The molecule has 1 aromatic heterocycles. The van der Waals surface area contributed by atoms with Crippen molar-refractivity contribution in [2.24, 2.45) is 0 Å². The van der Waals surface area contributed by atoms with Gasteiger partial charge in [0.25, 0.3) is 0 Å². The van der Waals surface area contributed by atoms with Crippen LogP contribution >= 0.6 is 11.6 Å². The Labute approximate surface area is 127 Å². The lowest BCUT2D eigenvalue weighted by atomic mass is 10.1. The Morgan fingerprint density at radius 3 is 2.71 bits per heavy atom. The third kappa shape index (κ3) is 2.48. The van der Waals surface area contributed by atoms with E-state index in [1.165, 1.54) is 0 Å². The van der Waals surface area contributed by atoms with Crippen molar-refractivity contribution in [1.29, 1.82) is 0 Å². The number of rotatable bonds is 2. The molecule has 2 aromatic carbocycles. The van der Waals surface area contributed by atoms with Crippen molar-refractivity contribution in [3.05, 3.63) is 52.5 Å². The van der Waals surface area contributed by atoms with Gasteiger partial charge in [-0.05, 0) is 59.7 Å². The highest BCUT2D eigenvalue weighted by Gasteiger charge is 2.15. The maximum absolute atomic E-state index is 6.25. The lowest BCUT2D eigenvalue weighted by Crippen LogP contribution is -2.03. The average Bonchev–Trinajstić information content (AvgIpc) is 2.93. The second-order valence-corrected chi connectivity index (χ2v) is 5.35. The molecule has 0 saturated carbocycles. The standard InChI is InChI=1S/C15H14ClN5/c1-9-3-4-10(2)14(7-9)21-15(18-19-20-21)12-8-11(17)5-6-13(12)16/h3-8H,17H2,1-2H3. The molecule has 21 heavy (non-hydrogen) atoms. The van der Waals surface area contributed by atoms with Gasteiger partial charge in [0, 0.05) is 11.3 Å². The average molecular weight is 300 g/mol. The summed E-state index contributed by atoms with van der Waals surface area (Å²) in [5.41, 5.74) is 10.3. The first-order valence-electron chi connectivity index (χ1n) is 6.47. The summed E-state index contributed by atoms with van der Waals surface area (Å²) in [6, 6.07) is 11.4. The van der Waals surface area contributed by atoms with Crippen LogP contribution in [0.4, 0.5) is 5.69 Å². The molecule has 2 N–H and O–H groups in total. The summed E-state index contributed by atoms with van der Waals surface area (Å²) in [4.78, 5) is 0. The lowest BCUT2D eigenvalue weighted by molar-refractivity contribution is 0.787. The number of halogens is 1. The minimum atomic E-state index is 0.561. The van der Waals surface area contributed by atoms with Crippen molar-refractivity contribution >= 4 is 17.3 Å². The monoisotopic (exact) mass is 299 g/mol. The molecule has 0 amide bonds. The fraction of sp³-hybridized carbons (Fsp3) is 0.133. The Balaban J connectivity index is 2.22. The first-order chi connectivity index (χ1) is 10.1. The van der Waals surface area contributed by atoms with Crippen LogP contribution in [0.2, 0.25) is 5.02 Å². The van der Waals surface area contributed by atoms with Crippen LogP contribution in [0.15, 0.2) is 36.4 Å². The number of hydrogen-bond acceptors (Lipinski definition) is 4. The van der Waals surface area contributed by atoms with Crippen LogP contribution < -0.4 is 5.73 Å². The van der Waals surface area contributed by atoms with E-state index in [1.54, 1.807) is 22.9 Å². The van der Waals surface area contributed by atoms with Crippen LogP contribution in [0.1, 0.15) is 11.1 Å². The maximum atomic E-state index is 6.25. The Morgan fingerprint density at radius 1 is 1.10 bits per heavy atom. The van der Waals surface area contributed by atoms with Gasteiger partial charge in [0.15, 0.2) is 5.82 Å². The SMILES string of the molecule is Cc1ccc(C)c(-n2nnnc2-c2cc(N)ccc2Cl)c1. The molecular formula is C15H14ClN5. The molecule has 0 aliphatic heterocycles. The van der Waals surface area contributed by atoms with E-state index in [2.05, 4.69) is 21.6 Å². The smallest absolute Gasteiger partial charge is 0.188 e. The van der Waals surface area contributed by atoms with Crippen molar-refractivity contribution in [3.8, 4) is 17.1 Å². The predicted octanol–water partition coefficient (Wildman–Crippen LogP) is 3.18. The van der Waals surface area contributed by atoms with Crippen LogP contribution in [0.25, 0.3) is 17.1 Å². The maximum Gasteiger partial charge on any atom is 0.188 e. The second-order valence-electron chi connectivity index (χ2n) is 4.94.